The molecule has 0 aliphatic rings. The molecule has 0 unspecified atom stereocenters. The first-order valence-corrected chi connectivity index (χ1v) is 8.07. The highest BCUT2D eigenvalue weighted by Gasteiger charge is 2.18. The highest BCUT2D eigenvalue weighted by molar-refractivity contribution is 7.90. The molecular formula is C10H16N2O4S2. The fraction of sp³-hybridized carbons (Fsp3) is 0.600. The molecule has 0 aliphatic carbocycles. The Hall–Kier alpha value is -1.15. The van der Waals surface area contributed by atoms with Gasteiger partial charge in [-0.25, -0.2) is 18.2 Å². The Morgan fingerprint density at radius 1 is 1.50 bits per heavy atom. The number of methoxy groups -OCH3 is 1. The van der Waals surface area contributed by atoms with E-state index >= 15 is 0 Å². The maximum atomic E-state index is 11.4. The molecule has 102 valence electrons. The zero-order valence-corrected chi connectivity index (χ0v) is 12.4. The van der Waals surface area contributed by atoms with E-state index < -0.39 is 15.8 Å². The summed E-state index contributed by atoms with van der Waals surface area (Å²) in [4.78, 5) is 17.8. The van der Waals surface area contributed by atoms with Crippen molar-refractivity contribution >= 4 is 32.3 Å². The summed E-state index contributed by atoms with van der Waals surface area (Å²) < 4.78 is 26.8. The zero-order valence-electron chi connectivity index (χ0n) is 10.8. The van der Waals surface area contributed by atoms with Crippen molar-refractivity contribution in [2.24, 2.45) is 0 Å². The van der Waals surface area contributed by atoms with Gasteiger partial charge in [0.1, 0.15) is 14.7 Å². The maximum Gasteiger partial charge on any atom is 0.350 e. The number of aryl methyl sites for hydroxylation is 1. The predicted molar refractivity (Wildman–Crippen MR) is 71.2 cm³/mol. The molecule has 0 fully saturated rings. The second kappa shape index (κ2) is 5.66. The molecule has 6 nitrogen and oxygen atoms in total. The molecule has 0 aromatic carbocycles. The van der Waals surface area contributed by atoms with Crippen LogP contribution in [0.1, 0.15) is 15.4 Å². The van der Waals surface area contributed by atoms with Gasteiger partial charge in [-0.15, -0.1) is 0 Å². The van der Waals surface area contributed by atoms with Gasteiger partial charge >= 0.3 is 5.97 Å². The third-order valence-corrected chi connectivity index (χ3v) is 4.46. The summed E-state index contributed by atoms with van der Waals surface area (Å²) in [5.41, 5.74) is 0.591. The SMILES string of the molecule is COC(=O)c1sc(N(C)CCS(C)(=O)=O)nc1C. The maximum absolute atomic E-state index is 11.4. The number of esters is 1. The highest BCUT2D eigenvalue weighted by Crippen LogP contribution is 2.25. The summed E-state index contributed by atoms with van der Waals surface area (Å²) in [6, 6.07) is 0. The number of thiazole rings is 1. The van der Waals surface area contributed by atoms with E-state index in [9.17, 15) is 13.2 Å². The standard InChI is InChI=1S/C10H16N2O4S2/c1-7-8(9(13)16-3)17-10(11-7)12(2)5-6-18(4,14)15/h5-6H2,1-4H3. The molecule has 0 spiro atoms. The highest BCUT2D eigenvalue weighted by atomic mass is 32.2. The van der Waals surface area contributed by atoms with E-state index in [2.05, 4.69) is 9.72 Å². The predicted octanol–water partition coefficient (Wildman–Crippen LogP) is 0.719. The second-order valence-corrected chi connectivity index (χ2v) is 7.19. The molecule has 1 heterocycles. The van der Waals surface area contributed by atoms with E-state index in [1.165, 1.54) is 24.7 Å². The molecule has 1 aromatic heterocycles. The zero-order chi connectivity index (χ0) is 13.9. The van der Waals surface area contributed by atoms with Gasteiger partial charge in [-0.2, -0.15) is 0 Å². The number of sulfone groups is 1. The van der Waals surface area contributed by atoms with Crippen LogP contribution in [0.3, 0.4) is 0 Å². The van der Waals surface area contributed by atoms with E-state index in [1.54, 1.807) is 18.9 Å². The number of carbonyl (C=O) groups excluding carboxylic acids is 1. The molecule has 1 aromatic rings. The molecular weight excluding hydrogens is 276 g/mol. The number of rotatable bonds is 5. The van der Waals surface area contributed by atoms with Crippen molar-refractivity contribution in [3.05, 3.63) is 10.6 Å². The van der Waals surface area contributed by atoms with Crippen LogP contribution in [0.4, 0.5) is 5.13 Å². The summed E-state index contributed by atoms with van der Waals surface area (Å²) in [6.45, 7) is 2.06. The van der Waals surface area contributed by atoms with Gasteiger partial charge in [-0.1, -0.05) is 11.3 Å². The first kappa shape index (κ1) is 14.9. The second-order valence-electron chi connectivity index (χ2n) is 3.95. The van der Waals surface area contributed by atoms with Gasteiger partial charge < -0.3 is 9.64 Å². The number of hydrogen-bond donors (Lipinski definition) is 0. The van der Waals surface area contributed by atoms with Crippen LogP contribution in [-0.4, -0.2) is 52.1 Å². The van der Waals surface area contributed by atoms with Crippen molar-refractivity contribution in [3.63, 3.8) is 0 Å². The molecule has 18 heavy (non-hydrogen) atoms. The third kappa shape index (κ3) is 3.95. The van der Waals surface area contributed by atoms with E-state index in [1.807, 2.05) is 0 Å². The lowest BCUT2D eigenvalue weighted by Gasteiger charge is -2.14. The first-order chi connectivity index (χ1) is 8.24. The quantitative estimate of drug-likeness (QED) is 0.744. The number of carbonyl (C=O) groups is 1. The van der Waals surface area contributed by atoms with Gasteiger partial charge in [0.05, 0.1) is 18.6 Å². The summed E-state index contributed by atoms with van der Waals surface area (Å²) in [5, 5.41) is 0.608. The fourth-order valence-electron chi connectivity index (χ4n) is 1.23. The number of hydrogen-bond acceptors (Lipinski definition) is 7. The van der Waals surface area contributed by atoms with Crippen LogP contribution < -0.4 is 4.90 Å². The lowest BCUT2D eigenvalue weighted by atomic mass is 10.4. The molecule has 0 saturated carbocycles. The average Bonchev–Trinajstić information content (AvgIpc) is 2.66. The minimum absolute atomic E-state index is 0.0513. The minimum Gasteiger partial charge on any atom is -0.465 e. The van der Waals surface area contributed by atoms with Crippen LogP contribution in [0.5, 0.6) is 0 Å². The fourth-order valence-corrected chi connectivity index (χ4v) is 2.80. The molecule has 1 rings (SSSR count). The Morgan fingerprint density at radius 3 is 2.61 bits per heavy atom. The van der Waals surface area contributed by atoms with Gasteiger partial charge in [0.2, 0.25) is 0 Å². The number of nitrogens with zero attached hydrogens (tertiary/aromatic N) is 2. The molecule has 0 bridgehead atoms. The van der Waals surface area contributed by atoms with Gasteiger partial charge in [0, 0.05) is 19.8 Å². The van der Waals surface area contributed by atoms with Crippen molar-refractivity contribution < 1.29 is 17.9 Å². The Kier molecular flexibility index (Phi) is 4.69. The topological polar surface area (TPSA) is 76.6 Å². The van der Waals surface area contributed by atoms with E-state index in [0.717, 1.165) is 0 Å². The average molecular weight is 292 g/mol. The van der Waals surface area contributed by atoms with Crippen molar-refractivity contribution in [1.82, 2.24) is 4.98 Å². The number of anilines is 1. The van der Waals surface area contributed by atoms with Crippen molar-refractivity contribution in [2.75, 3.05) is 37.6 Å². The number of ether oxygens (including phenoxy) is 1. The van der Waals surface area contributed by atoms with E-state index in [0.29, 0.717) is 22.2 Å². The van der Waals surface area contributed by atoms with Gasteiger partial charge in [-0.3, -0.25) is 0 Å². The largest absolute Gasteiger partial charge is 0.465 e. The monoisotopic (exact) mass is 292 g/mol. The van der Waals surface area contributed by atoms with E-state index in [-0.39, 0.29) is 5.75 Å². The van der Waals surface area contributed by atoms with Gasteiger partial charge in [0.25, 0.3) is 0 Å². The van der Waals surface area contributed by atoms with Gasteiger partial charge in [-0.05, 0) is 6.92 Å². The third-order valence-electron chi connectivity index (χ3n) is 2.28. The molecule has 0 N–H and O–H groups in total. The van der Waals surface area contributed by atoms with E-state index in [4.69, 9.17) is 0 Å². The lowest BCUT2D eigenvalue weighted by molar-refractivity contribution is 0.0605. The van der Waals surface area contributed by atoms with Gasteiger partial charge in [0.15, 0.2) is 5.13 Å². The van der Waals surface area contributed by atoms with Crippen LogP contribution in [0.2, 0.25) is 0 Å². The lowest BCUT2D eigenvalue weighted by Crippen LogP contribution is -2.24. The minimum atomic E-state index is -3.01. The number of aromatic nitrogens is 1. The molecule has 0 saturated heterocycles. The summed E-state index contributed by atoms with van der Waals surface area (Å²) >= 11 is 1.20. The van der Waals surface area contributed by atoms with Crippen molar-refractivity contribution in [1.29, 1.82) is 0 Å². The Balaban J connectivity index is 2.81. The Morgan fingerprint density at radius 2 is 2.11 bits per heavy atom. The van der Waals surface area contributed by atoms with Crippen LogP contribution in [0.25, 0.3) is 0 Å². The van der Waals surface area contributed by atoms with Crippen LogP contribution >= 0.6 is 11.3 Å². The molecule has 0 atom stereocenters. The van der Waals surface area contributed by atoms with Crippen LogP contribution in [-0.2, 0) is 14.6 Å². The normalized spacial score (nSPS) is 11.3. The Bertz CT molecular complexity index is 536. The van der Waals surface area contributed by atoms with Crippen LogP contribution in [0.15, 0.2) is 0 Å². The van der Waals surface area contributed by atoms with Crippen molar-refractivity contribution in [3.8, 4) is 0 Å². The molecule has 0 radical (unpaired) electrons. The molecule has 0 aliphatic heterocycles. The summed E-state index contributed by atoms with van der Waals surface area (Å²) in [7, 11) is 0.0467. The molecule has 0 amide bonds. The Labute approximate surface area is 111 Å². The van der Waals surface area contributed by atoms with Crippen LogP contribution in [0, 0.1) is 6.92 Å². The molecule has 8 heteroatoms. The van der Waals surface area contributed by atoms with Crippen molar-refractivity contribution in [2.45, 2.75) is 6.92 Å². The first-order valence-electron chi connectivity index (χ1n) is 5.19. The smallest absolute Gasteiger partial charge is 0.350 e. The summed E-state index contributed by atoms with van der Waals surface area (Å²) in [5.74, 6) is -0.372. The summed E-state index contributed by atoms with van der Waals surface area (Å²) in [6.07, 6.45) is 1.19.